The Morgan fingerprint density at radius 3 is 2.53 bits per heavy atom. The fourth-order valence-electron chi connectivity index (χ4n) is 1.86. The monoisotopic (exact) mass is 258 g/mol. The molecule has 2 rings (SSSR count). The zero-order valence-electron chi connectivity index (χ0n) is 11.0. The Kier molecular flexibility index (Phi) is 3.46. The highest BCUT2D eigenvalue weighted by molar-refractivity contribution is 5.84. The molecule has 1 aromatic heterocycles. The molecule has 0 bridgehead atoms. The van der Waals surface area contributed by atoms with Gasteiger partial charge in [0.1, 0.15) is 0 Å². The normalized spacial score (nSPS) is 10.3. The minimum Gasteiger partial charge on any atom is -0.481 e. The Morgan fingerprint density at radius 1 is 1.21 bits per heavy atom. The molecule has 0 spiro atoms. The molecule has 1 N–H and O–H groups in total. The Morgan fingerprint density at radius 2 is 1.95 bits per heavy atom. The van der Waals surface area contributed by atoms with Crippen LogP contribution in [-0.4, -0.2) is 28.2 Å². The van der Waals surface area contributed by atoms with Crippen molar-refractivity contribution < 1.29 is 14.6 Å². The SMILES string of the molecule is COc1cc(-c2ccc(C)cc2C)nc(C(=O)O)n1. The summed E-state index contributed by atoms with van der Waals surface area (Å²) in [5.41, 5.74) is 3.58. The molecule has 2 aromatic rings. The first-order valence-corrected chi connectivity index (χ1v) is 5.75. The highest BCUT2D eigenvalue weighted by Gasteiger charge is 2.13. The number of hydrogen-bond donors (Lipinski definition) is 1. The molecule has 0 aliphatic heterocycles. The van der Waals surface area contributed by atoms with Crippen LogP contribution in [0.2, 0.25) is 0 Å². The molecule has 5 nitrogen and oxygen atoms in total. The van der Waals surface area contributed by atoms with E-state index in [0.29, 0.717) is 5.69 Å². The molecule has 0 radical (unpaired) electrons. The van der Waals surface area contributed by atoms with E-state index in [0.717, 1.165) is 16.7 Å². The zero-order valence-corrected chi connectivity index (χ0v) is 11.0. The van der Waals surface area contributed by atoms with Gasteiger partial charge in [0, 0.05) is 11.6 Å². The third-order valence-corrected chi connectivity index (χ3v) is 2.76. The molecule has 0 aliphatic carbocycles. The predicted molar refractivity (Wildman–Crippen MR) is 70.5 cm³/mol. The summed E-state index contributed by atoms with van der Waals surface area (Å²) in [6.07, 6.45) is 0. The molecule has 1 aromatic carbocycles. The zero-order chi connectivity index (χ0) is 14.0. The van der Waals surface area contributed by atoms with Crippen LogP contribution in [0, 0.1) is 13.8 Å². The molecule has 5 heteroatoms. The first-order valence-electron chi connectivity index (χ1n) is 5.75. The van der Waals surface area contributed by atoms with Crippen LogP contribution in [0.5, 0.6) is 5.88 Å². The van der Waals surface area contributed by atoms with E-state index in [1.165, 1.54) is 7.11 Å². The van der Waals surface area contributed by atoms with E-state index < -0.39 is 5.97 Å². The molecule has 0 saturated carbocycles. The topological polar surface area (TPSA) is 72.3 Å². The molecule has 98 valence electrons. The Hall–Kier alpha value is -2.43. The summed E-state index contributed by atoms with van der Waals surface area (Å²) in [5, 5.41) is 9.01. The van der Waals surface area contributed by atoms with Gasteiger partial charge in [-0.05, 0) is 19.4 Å². The van der Waals surface area contributed by atoms with Crippen molar-refractivity contribution in [3.63, 3.8) is 0 Å². The highest BCUT2D eigenvalue weighted by Crippen LogP contribution is 2.25. The van der Waals surface area contributed by atoms with Gasteiger partial charge in [0.15, 0.2) is 0 Å². The largest absolute Gasteiger partial charge is 0.481 e. The average Bonchev–Trinajstić information content (AvgIpc) is 2.38. The van der Waals surface area contributed by atoms with Crippen LogP contribution in [0.1, 0.15) is 21.7 Å². The molecule has 0 atom stereocenters. The highest BCUT2D eigenvalue weighted by atomic mass is 16.5. The number of aryl methyl sites for hydroxylation is 2. The summed E-state index contributed by atoms with van der Waals surface area (Å²) >= 11 is 0. The number of aromatic nitrogens is 2. The van der Waals surface area contributed by atoms with Crippen molar-refractivity contribution in [1.29, 1.82) is 0 Å². The number of rotatable bonds is 3. The van der Waals surface area contributed by atoms with E-state index >= 15 is 0 Å². The molecule has 0 aliphatic rings. The van der Waals surface area contributed by atoms with Crippen LogP contribution in [-0.2, 0) is 0 Å². The second kappa shape index (κ2) is 5.06. The molecule has 0 fully saturated rings. The Balaban J connectivity index is 2.60. The second-order valence-corrected chi connectivity index (χ2v) is 4.24. The predicted octanol–water partition coefficient (Wildman–Crippen LogP) is 2.47. The van der Waals surface area contributed by atoms with E-state index in [4.69, 9.17) is 9.84 Å². The summed E-state index contributed by atoms with van der Waals surface area (Å²) < 4.78 is 5.02. The summed E-state index contributed by atoms with van der Waals surface area (Å²) in [6.45, 7) is 3.96. The number of methoxy groups -OCH3 is 1. The van der Waals surface area contributed by atoms with Gasteiger partial charge in [-0.3, -0.25) is 0 Å². The number of hydrogen-bond acceptors (Lipinski definition) is 4. The lowest BCUT2D eigenvalue weighted by molar-refractivity contribution is 0.0682. The number of aromatic carboxylic acids is 1. The van der Waals surface area contributed by atoms with E-state index in [1.54, 1.807) is 6.07 Å². The number of ether oxygens (including phenoxy) is 1. The number of nitrogens with zero attached hydrogens (tertiary/aromatic N) is 2. The standard InChI is InChI=1S/C14H14N2O3/c1-8-4-5-10(9(2)6-8)11-7-12(19-3)16-13(15-11)14(17)18/h4-7H,1-3H3,(H,17,18). The molecular formula is C14H14N2O3. The van der Waals surface area contributed by atoms with Gasteiger partial charge < -0.3 is 9.84 Å². The number of carboxylic acid groups (broad SMARTS) is 1. The molecule has 0 unspecified atom stereocenters. The van der Waals surface area contributed by atoms with Crippen molar-refractivity contribution in [2.75, 3.05) is 7.11 Å². The summed E-state index contributed by atoms with van der Waals surface area (Å²) in [5.74, 6) is -1.21. The van der Waals surface area contributed by atoms with Crippen LogP contribution in [0.15, 0.2) is 24.3 Å². The smallest absolute Gasteiger partial charge is 0.374 e. The van der Waals surface area contributed by atoms with Gasteiger partial charge in [0.2, 0.25) is 11.7 Å². The summed E-state index contributed by atoms with van der Waals surface area (Å²) in [7, 11) is 1.44. The van der Waals surface area contributed by atoms with Gasteiger partial charge in [-0.15, -0.1) is 0 Å². The third kappa shape index (κ3) is 2.70. The van der Waals surface area contributed by atoms with Crippen molar-refractivity contribution in [2.45, 2.75) is 13.8 Å². The van der Waals surface area contributed by atoms with Gasteiger partial charge in [0.25, 0.3) is 0 Å². The number of carboxylic acids is 1. The number of benzene rings is 1. The van der Waals surface area contributed by atoms with E-state index in [1.807, 2.05) is 32.0 Å². The van der Waals surface area contributed by atoms with Crippen molar-refractivity contribution in [3.05, 3.63) is 41.2 Å². The third-order valence-electron chi connectivity index (χ3n) is 2.76. The molecule has 1 heterocycles. The lowest BCUT2D eigenvalue weighted by Gasteiger charge is -2.08. The van der Waals surface area contributed by atoms with Crippen molar-refractivity contribution >= 4 is 5.97 Å². The van der Waals surface area contributed by atoms with Crippen molar-refractivity contribution in [3.8, 4) is 17.1 Å². The van der Waals surface area contributed by atoms with Crippen LogP contribution in [0.25, 0.3) is 11.3 Å². The van der Waals surface area contributed by atoms with Crippen LogP contribution in [0.3, 0.4) is 0 Å². The minimum atomic E-state index is -1.18. The molecule has 0 saturated heterocycles. The average molecular weight is 258 g/mol. The van der Waals surface area contributed by atoms with Crippen molar-refractivity contribution in [2.24, 2.45) is 0 Å². The molecule has 0 amide bonds. The van der Waals surface area contributed by atoms with Gasteiger partial charge in [-0.1, -0.05) is 23.8 Å². The summed E-state index contributed by atoms with van der Waals surface area (Å²) in [4.78, 5) is 18.9. The first kappa shape index (κ1) is 13.0. The summed E-state index contributed by atoms with van der Waals surface area (Å²) in [6, 6.07) is 7.52. The second-order valence-electron chi connectivity index (χ2n) is 4.24. The van der Waals surface area contributed by atoms with E-state index in [-0.39, 0.29) is 11.7 Å². The maximum absolute atomic E-state index is 11.0. The lowest BCUT2D eigenvalue weighted by atomic mass is 10.0. The Bertz CT molecular complexity index is 639. The van der Waals surface area contributed by atoms with Gasteiger partial charge in [0.05, 0.1) is 12.8 Å². The first-order chi connectivity index (χ1) is 9.01. The lowest BCUT2D eigenvalue weighted by Crippen LogP contribution is -2.06. The van der Waals surface area contributed by atoms with E-state index in [9.17, 15) is 4.79 Å². The van der Waals surface area contributed by atoms with Crippen molar-refractivity contribution in [1.82, 2.24) is 9.97 Å². The minimum absolute atomic E-state index is 0.238. The van der Waals surface area contributed by atoms with Crippen LogP contribution >= 0.6 is 0 Å². The van der Waals surface area contributed by atoms with Gasteiger partial charge >= 0.3 is 5.97 Å². The fourth-order valence-corrected chi connectivity index (χ4v) is 1.86. The maximum atomic E-state index is 11.0. The van der Waals surface area contributed by atoms with Gasteiger partial charge in [-0.25, -0.2) is 9.78 Å². The maximum Gasteiger partial charge on any atom is 0.374 e. The number of carbonyl (C=O) groups is 1. The Labute approximate surface area is 110 Å². The molecule has 19 heavy (non-hydrogen) atoms. The molecular weight excluding hydrogens is 244 g/mol. The quantitative estimate of drug-likeness (QED) is 0.915. The van der Waals surface area contributed by atoms with E-state index in [2.05, 4.69) is 9.97 Å². The van der Waals surface area contributed by atoms with Crippen LogP contribution in [0.4, 0.5) is 0 Å². The fraction of sp³-hybridized carbons (Fsp3) is 0.214. The van der Waals surface area contributed by atoms with Gasteiger partial charge in [-0.2, -0.15) is 4.98 Å². The van der Waals surface area contributed by atoms with Crippen LogP contribution < -0.4 is 4.74 Å².